The SMILES string of the molecule is CC(CC(=O)c1ccc(C(C)(C)C)s1)CC(C)(C)C. The van der Waals surface area contributed by atoms with Crippen LogP contribution in [0.25, 0.3) is 0 Å². The van der Waals surface area contributed by atoms with E-state index in [4.69, 9.17) is 0 Å². The Bertz CT molecular complexity index is 429. The van der Waals surface area contributed by atoms with E-state index < -0.39 is 0 Å². The highest BCUT2D eigenvalue weighted by molar-refractivity contribution is 7.14. The Morgan fingerprint density at radius 3 is 2.16 bits per heavy atom. The number of ketones is 1. The van der Waals surface area contributed by atoms with Crippen LogP contribution in [0.1, 0.15) is 75.9 Å². The molecule has 0 amide bonds. The van der Waals surface area contributed by atoms with E-state index in [1.165, 1.54) is 4.88 Å². The van der Waals surface area contributed by atoms with Crippen molar-refractivity contribution in [3.05, 3.63) is 21.9 Å². The monoisotopic (exact) mass is 280 g/mol. The molecule has 0 N–H and O–H groups in total. The lowest BCUT2D eigenvalue weighted by Crippen LogP contribution is -2.14. The quantitative estimate of drug-likeness (QED) is 0.647. The predicted octanol–water partition coefficient (Wildman–Crippen LogP) is 5.69. The standard InChI is InChI=1S/C17H28OS/c1-12(11-16(2,3)4)10-13(18)14-8-9-15(19-14)17(5,6)7/h8-9,12H,10-11H2,1-7H3. The first-order chi connectivity index (χ1) is 8.49. The molecule has 1 heterocycles. The average molecular weight is 280 g/mol. The van der Waals surface area contributed by atoms with Gasteiger partial charge in [0.05, 0.1) is 4.88 Å². The maximum atomic E-state index is 12.3. The molecule has 0 aliphatic carbocycles. The summed E-state index contributed by atoms with van der Waals surface area (Å²) in [7, 11) is 0. The molecule has 1 aromatic heterocycles. The molecular weight excluding hydrogens is 252 g/mol. The molecule has 2 heteroatoms. The lowest BCUT2D eigenvalue weighted by molar-refractivity contribution is 0.0958. The Morgan fingerprint density at radius 1 is 1.16 bits per heavy atom. The second kappa shape index (κ2) is 5.78. The van der Waals surface area contributed by atoms with Gasteiger partial charge in [-0.05, 0) is 35.3 Å². The van der Waals surface area contributed by atoms with Gasteiger partial charge in [-0.2, -0.15) is 0 Å². The molecule has 1 nitrogen and oxygen atoms in total. The van der Waals surface area contributed by atoms with E-state index in [1.54, 1.807) is 11.3 Å². The Kier molecular flexibility index (Phi) is 5.00. The molecule has 0 radical (unpaired) electrons. The summed E-state index contributed by atoms with van der Waals surface area (Å²) in [5, 5.41) is 0. The van der Waals surface area contributed by atoms with Gasteiger partial charge < -0.3 is 0 Å². The van der Waals surface area contributed by atoms with E-state index in [0.29, 0.717) is 23.5 Å². The van der Waals surface area contributed by atoms with Crippen molar-refractivity contribution in [2.75, 3.05) is 0 Å². The fraction of sp³-hybridized carbons (Fsp3) is 0.706. The van der Waals surface area contributed by atoms with Crippen molar-refractivity contribution in [1.29, 1.82) is 0 Å². The summed E-state index contributed by atoms with van der Waals surface area (Å²) in [6.07, 6.45) is 1.76. The van der Waals surface area contributed by atoms with E-state index in [1.807, 2.05) is 6.07 Å². The predicted molar refractivity (Wildman–Crippen MR) is 85.2 cm³/mol. The van der Waals surface area contributed by atoms with Gasteiger partial charge in [-0.15, -0.1) is 11.3 Å². The Morgan fingerprint density at radius 2 is 1.74 bits per heavy atom. The molecule has 0 bridgehead atoms. The summed E-state index contributed by atoms with van der Waals surface area (Å²) >= 11 is 1.66. The summed E-state index contributed by atoms with van der Waals surface area (Å²) in [6.45, 7) is 15.5. The first-order valence-electron chi connectivity index (χ1n) is 7.12. The zero-order chi connectivity index (χ0) is 14.8. The molecule has 0 aliphatic rings. The van der Waals surface area contributed by atoms with Gasteiger partial charge in [-0.3, -0.25) is 4.79 Å². The fourth-order valence-corrected chi connectivity index (χ4v) is 3.44. The van der Waals surface area contributed by atoms with Crippen molar-refractivity contribution in [2.24, 2.45) is 11.3 Å². The molecular formula is C17H28OS. The van der Waals surface area contributed by atoms with Crippen LogP contribution in [0, 0.1) is 11.3 Å². The molecule has 0 spiro atoms. The highest BCUT2D eigenvalue weighted by Gasteiger charge is 2.21. The minimum absolute atomic E-state index is 0.139. The molecule has 1 unspecified atom stereocenters. The van der Waals surface area contributed by atoms with Gasteiger partial charge in [0.1, 0.15) is 0 Å². The summed E-state index contributed by atoms with van der Waals surface area (Å²) in [4.78, 5) is 14.5. The maximum absolute atomic E-state index is 12.3. The third kappa shape index (κ3) is 5.48. The molecule has 1 aromatic rings. The first kappa shape index (κ1) is 16.4. The van der Waals surface area contributed by atoms with Gasteiger partial charge in [-0.1, -0.05) is 48.5 Å². The van der Waals surface area contributed by atoms with Gasteiger partial charge in [-0.25, -0.2) is 0 Å². The Hall–Kier alpha value is -0.630. The third-order valence-electron chi connectivity index (χ3n) is 3.11. The van der Waals surface area contributed by atoms with Crippen LogP contribution in [0.5, 0.6) is 0 Å². The molecule has 1 atom stereocenters. The van der Waals surface area contributed by atoms with Gasteiger partial charge in [0.15, 0.2) is 5.78 Å². The van der Waals surface area contributed by atoms with E-state index in [9.17, 15) is 4.79 Å². The second-order valence-electron chi connectivity index (χ2n) is 7.91. The van der Waals surface area contributed by atoms with Gasteiger partial charge in [0, 0.05) is 11.3 Å². The normalized spacial score (nSPS) is 14.5. The molecule has 1 rings (SSSR count). The van der Waals surface area contributed by atoms with Gasteiger partial charge >= 0.3 is 0 Å². The lowest BCUT2D eigenvalue weighted by atomic mass is 9.83. The maximum Gasteiger partial charge on any atom is 0.173 e. The topological polar surface area (TPSA) is 17.1 Å². The zero-order valence-electron chi connectivity index (χ0n) is 13.5. The first-order valence-corrected chi connectivity index (χ1v) is 7.94. The Balaban J connectivity index is 2.66. The van der Waals surface area contributed by atoms with Crippen molar-refractivity contribution in [1.82, 2.24) is 0 Å². The van der Waals surface area contributed by atoms with Crippen molar-refractivity contribution in [2.45, 2.75) is 66.7 Å². The van der Waals surface area contributed by atoms with Gasteiger partial charge in [0.25, 0.3) is 0 Å². The number of carbonyl (C=O) groups excluding carboxylic acids is 1. The van der Waals surface area contributed by atoms with Crippen LogP contribution in [-0.2, 0) is 5.41 Å². The molecule has 0 saturated carbocycles. The number of hydrogen-bond acceptors (Lipinski definition) is 2. The lowest BCUT2D eigenvalue weighted by Gasteiger charge is -2.22. The number of rotatable bonds is 4. The highest BCUT2D eigenvalue weighted by atomic mass is 32.1. The minimum Gasteiger partial charge on any atom is -0.293 e. The molecule has 108 valence electrons. The van der Waals surface area contributed by atoms with Crippen molar-refractivity contribution < 1.29 is 4.79 Å². The molecule has 19 heavy (non-hydrogen) atoms. The number of thiophene rings is 1. The van der Waals surface area contributed by atoms with Crippen molar-refractivity contribution in [3.8, 4) is 0 Å². The number of hydrogen-bond donors (Lipinski definition) is 0. The molecule has 0 aliphatic heterocycles. The van der Waals surface area contributed by atoms with Crippen LogP contribution in [-0.4, -0.2) is 5.78 Å². The van der Waals surface area contributed by atoms with Crippen molar-refractivity contribution in [3.63, 3.8) is 0 Å². The molecule has 0 fully saturated rings. The highest BCUT2D eigenvalue weighted by Crippen LogP contribution is 2.32. The summed E-state index contributed by atoms with van der Waals surface area (Å²) < 4.78 is 0. The number of Topliss-reactive ketones (excluding diaryl/α,β-unsaturated/α-hetero) is 1. The summed E-state index contributed by atoms with van der Waals surface area (Å²) in [6, 6.07) is 4.10. The summed E-state index contributed by atoms with van der Waals surface area (Å²) in [5.74, 6) is 0.755. The van der Waals surface area contributed by atoms with Crippen LogP contribution >= 0.6 is 11.3 Å². The van der Waals surface area contributed by atoms with Gasteiger partial charge in [0.2, 0.25) is 0 Å². The molecule has 0 saturated heterocycles. The largest absolute Gasteiger partial charge is 0.293 e. The van der Waals surface area contributed by atoms with Crippen LogP contribution in [0.4, 0.5) is 0 Å². The summed E-state index contributed by atoms with van der Waals surface area (Å²) in [5.41, 5.74) is 0.436. The molecule has 0 aromatic carbocycles. The Labute approximate surface area is 122 Å². The van der Waals surface area contributed by atoms with Crippen molar-refractivity contribution >= 4 is 17.1 Å². The fourth-order valence-electron chi connectivity index (χ4n) is 2.43. The van der Waals surface area contributed by atoms with E-state index in [0.717, 1.165) is 11.3 Å². The van der Waals surface area contributed by atoms with E-state index in [-0.39, 0.29) is 5.41 Å². The van der Waals surface area contributed by atoms with Crippen LogP contribution in [0.3, 0.4) is 0 Å². The van der Waals surface area contributed by atoms with Crippen LogP contribution in [0.15, 0.2) is 12.1 Å². The van der Waals surface area contributed by atoms with E-state index >= 15 is 0 Å². The average Bonchev–Trinajstić information content (AvgIpc) is 2.61. The van der Waals surface area contributed by atoms with Crippen LogP contribution < -0.4 is 0 Å². The van der Waals surface area contributed by atoms with E-state index in [2.05, 4.69) is 54.5 Å². The van der Waals surface area contributed by atoms with Crippen LogP contribution in [0.2, 0.25) is 0 Å². The zero-order valence-corrected chi connectivity index (χ0v) is 14.3. The third-order valence-corrected chi connectivity index (χ3v) is 4.67. The number of carbonyl (C=O) groups is 1. The minimum atomic E-state index is 0.139. The smallest absolute Gasteiger partial charge is 0.173 e. The second-order valence-corrected chi connectivity index (χ2v) is 8.99.